The van der Waals surface area contributed by atoms with Crippen LogP contribution in [-0.2, 0) is 16.0 Å². The summed E-state index contributed by atoms with van der Waals surface area (Å²) in [7, 11) is 0. The van der Waals surface area contributed by atoms with E-state index in [0.717, 1.165) is 12.8 Å². The fourth-order valence-electron chi connectivity index (χ4n) is 2.01. The Morgan fingerprint density at radius 1 is 1.48 bits per heavy atom. The van der Waals surface area contributed by atoms with Gasteiger partial charge in [-0.3, -0.25) is 19.7 Å². The van der Waals surface area contributed by atoms with E-state index in [1.807, 2.05) is 0 Å². The molecule has 112 valence electrons. The third-order valence-electron chi connectivity index (χ3n) is 3.56. The molecule has 1 atom stereocenters. The van der Waals surface area contributed by atoms with E-state index < -0.39 is 22.2 Å². The van der Waals surface area contributed by atoms with E-state index in [-0.39, 0.29) is 18.2 Å². The van der Waals surface area contributed by atoms with Gasteiger partial charge in [-0.2, -0.15) is 0 Å². The molecule has 0 spiro atoms. The number of nitrogens with one attached hydrogen (secondary N) is 1. The van der Waals surface area contributed by atoms with Gasteiger partial charge in [-0.1, -0.05) is 12.1 Å². The summed E-state index contributed by atoms with van der Waals surface area (Å²) < 4.78 is 0. The molecule has 1 aliphatic rings. The van der Waals surface area contributed by atoms with E-state index in [4.69, 9.17) is 0 Å². The fraction of sp³-hybridized carbons (Fsp3) is 0.429. The SMILES string of the molecule is CC(Cc1cccc([N+](=O)[O-])c1)(C(=O)O)C(=O)NC1CC1. The lowest BCUT2D eigenvalue weighted by atomic mass is 9.82. The second-order valence-corrected chi connectivity index (χ2v) is 5.49. The lowest BCUT2D eigenvalue weighted by molar-refractivity contribution is -0.384. The molecule has 1 fully saturated rings. The number of non-ortho nitro benzene ring substituents is 1. The molecular formula is C14H16N2O5. The maximum Gasteiger partial charge on any atom is 0.319 e. The molecule has 1 amide bonds. The Morgan fingerprint density at radius 3 is 2.67 bits per heavy atom. The van der Waals surface area contributed by atoms with Gasteiger partial charge >= 0.3 is 5.97 Å². The molecular weight excluding hydrogens is 276 g/mol. The van der Waals surface area contributed by atoms with Gasteiger partial charge in [0, 0.05) is 18.2 Å². The van der Waals surface area contributed by atoms with E-state index >= 15 is 0 Å². The van der Waals surface area contributed by atoms with E-state index in [0.29, 0.717) is 5.56 Å². The molecule has 0 aliphatic heterocycles. The third-order valence-corrected chi connectivity index (χ3v) is 3.56. The van der Waals surface area contributed by atoms with Gasteiger partial charge in [0.25, 0.3) is 5.69 Å². The van der Waals surface area contributed by atoms with Crippen molar-refractivity contribution in [3.05, 3.63) is 39.9 Å². The van der Waals surface area contributed by atoms with Crippen LogP contribution >= 0.6 is 0 Å². The smallest absolute Gasteiger partial charge is 0.319 e. The van der Waals surface area contributed by atoms with Crippen LogP contribution in [0.25, 0.3) is 0 Å². The minimum atomic E-state index is -1.64. The Kier molecular flexibility index (Phi) is 3.93. The van der Waals surface area contributed by atoms with E-state index in [1.165, 1.54) is 25.1 Å². The van der Waals surface area contributed by atoms with Gasteiger partial charge in [-0.15, -0.1) is 0 Å². The highest BCUT2D eigenvalue weighted by Crippen LogP contribution is 2.28. The standard InChI is InChI=1S/C14H16N2O5/c1-14(13(18)19,12(17)15-10-5-6-10)8-9-3-2-4-11(7-9)16(20)21/h2-4,7,10H,5-6,8H2,1H3,(H,15,17)(H,18,19). The summed E-state index contributed by atoms with van der Waals surface area (Å²) in [6.07, 6.45) is 1.62. The van der Waals surface area contributed by atoms with Crippen LogP contribution in [-0.4, -0.2) is 27.9 Å². The molecule has 7 heteroatoms. The molecule has 7 nitrogen and oxygen atoms in total. The zero-order valence-corrected chi connectivity index (χ0v) is 11.5. The minimum Gasteiger partial charge on any atom is -0.480 e. The van der Waals surface area contributed by atoms with Crippen molar-refractivity contribution < 1.29 is 19.6 Å². The Hall–Kier alpha value is -2.44. The highest BCUT2D eigenvalue weighted by Gasteiger charge is 2.43. The van der Waals surface area contributed by atoms with Crippen molar-refractivity contribution in [1.82, 2.24) is 5.32 Å². The van der Waals surface area contributed by atoms with E-state index in [1.54, 1.807) is 6.07 Å². The van der Waals surface area contributed by atoms with Crippen LogP contribution in [0.15, 0.2) is 24.3 Å². The number of carboxylic acid groups (broad SMARTS) is 1. The predicted octanol–water partition coefficient (Wildman–Crippen LogP) is 1.51. The molecule has 0 radical (unpaired) electrons. The van der Waals surface area contributed by atoms with Crippen molar-refractivity contribution in [2.75, 3.05) is 0 Å². The first-order valence-corrected chi connectivity index (χ1v) is 6.60. The van der Waals surface area contributed by atoms with Gasteiger partial charge in [-0.25, -0.2) is 0 Å². The monoisotopic (exact) mass is 292 g/mol. The highest BCUT2D eigenvalue weighted by atomic mass is 16.6. The second kappa shape index (κ2) is 5.51. The summed E-state index contributed by atoms with van der Waals surface area (Å²) in [6, 6.07) is 5.74. The summed E-state index contributed by atoms with van der Waals surface area (Å²) in [5.74, 6) is -1.80. The van der Waals surface area contributed by atoms with Crippen LogP contribution < -0.4 is 5.32 Å². The van der Waals surface area contributed by atoms with Crippen LogP contribution in [0.3, 0.4) is 0 Å². The average molecular weight is 292 g/mol. The van der Waals surface area contributed by atoms with Gasteiger partial charge in [0.2, 0.25) is 5.91 Å². The van der Waals surface area contributed by atoms with Crippen molar-refractivity contribution >= 4 is 17.6 Å². The number of aliphatic carboxylic acids is 1. The summed E-state index contributed by atoms with van der Waals surface area (Å²) >= 11 is 0. The van der Waals surface area contributed by atoms with Crippen molar-refractivity contribution in [3.63, 3.8) is 0 Å². The van der Waals surface area contributed by atoms with Gasteiger partial charge in [-0.05, 0) is 31.7 Å². The maximum absolute atomic E-state index is 12.2. The zero-order chi connectivity index (χ0) is 15.6. The summed E-state index contributed by atoms with van der Waals surface area (Å²) in [4.78, 5) is 33.8. The second-order valence-electron chi connectivity index (χ2n) is 5.49. The number of benzene rings is 1. The molecule has 1 aromatic rings. The van der Waals surface area contributed by atoms with E-state index in [9.17, 15) is 24.8 Å². The number of nitrogens with zero attached hydrogens (tertiary/aromatic N) is 1. The lowest BCUT2D eigenvalue weighted by Crippen LogP contribution is -2.46. The van der Waals surface area contributed by atoms with Crippen LogP contribution in [0, 0.1) is 15.5 Å². The molecule has 0 heterocycles. The maximum atomic E-state index is 12.2. The number of nitro groups is 1. The number of rotatable bonds is 6. The van der Waals surface area contributed by atoms with Gasteiger partial charge in [0.05, 0.1) is 4.92 Å². The Bertz CT molecular complexity index is 597. The number of nitro benzene ring substituents is 1. The Balaban J connectivity index is 2.22. The first-order chi connectivity index (χ1) is 9.83. The number of amides is 1. The zero-order valence-electron chi connectivity index (χ0n) is 11.5. The number of carbonyl (C=O) groups excluding carboxylic acids is 1. The molecule has 1 aromatic carbocycles. The molecule has 1 aliphatic carbocycles. The fourth-order valence-corrected chi connectivity index (χ4v) is 2.01. The molecule has 0 aromatic heterocycles. The third kappa shape index (κ3) is 3.36. The van der Waals surface area contributed by atoms with Crippen molar-refractivity contribution in [2.45, 2.75) is 32.2 Å². The number of hydrogen-bond acceptors (Lipinski definition) is 4. The van der Waals surface area contributed by atoms with Crippen LogP contribution in [0.1, 0.15) is 25.3 Å². The van der Waals surface area contributed by atoms with Gasteiger partial charge in [0.15, 0.2) is 0 Å². The molecule has 2 rings (SSSR count). The quantitative estimate of drug-likeness (QED) is 0.469. The van der Waals surface area contributed by atoms with Gasteiger partial charge < -0.3 is 10.4 Å². The van der Waals surface area contributed by atoms with Crippen LogP contribution in [0.5, 0.6) is 0 Å². The largest absolute Gasteiger partial charge is 0.480 e. The number of carboxylic acids is 1. The van der Waals surface area contributed by atoms with Crippen molar-refractivity contribution in [1.29, 1.82) is 0 Å². The lowest BCUT2D eigenvalue weighted by Gasteiger charge is -2.23. The Labute approximate surface area is 121 Å². The van der Waals surface area contributed by atoms with Crippen LogP contribution in [0.2, 0.25) is 0 Å². The van der Waals surface area contributed by atoms with E-state index in [2.05, 4.69) is 5.32 Å². The highest BCUT2D eigenvalue weighted by molar-refractivity contribution is 6.02. The summed E-state index contributed by atoms with van der Waals surface area (Å²) in [5.41, 5.74) is -1.32. The predicted molar refractivity (Wildman–Crippen MR) is 73.7 cm³/mol. The molecule has 1 unspecified atom stereocenters. The van der Waals surface area contributed by atoms with Gasteiger partial charge in [0.1, 0.15) is 5.41 Å². The molecule has 2 N–H and O–H groups in total. The number of carbonyl (C=O) groups is 2. The van der Waals surface area contributed by atoms with Crippen molar-refractivity contribution in [2.24, 2.45) is 5.41 Å². The molecule has 21 heavy (non-hydrogen) atoms. The normalized spacial score (nSPS) is 16.8. The van der Waals surface area contributed by atoms with Crippen molar-refractivity contribution in [3.8, 4) is 0 Å². The first kappa shape index (κ1) is 15.0. The molecule has 1 saturated carbocycles. The topological polar surface area (TPSA) is 110 Å². The summed E-state index contributed by atoms with van der Waals surface area (Å²) in [6.45, 7) is 1.34. The Morgan fingerprint density at radius 2 is 2.14 bits per heavy atom. The number of hydrogen-bond donors (Lipinski definition) is 2. The summed E-state index contributed by atoms with van der Waals surface area (Å²) in [5, 5.41) is 22.8. The van der Waals surface area contributed by atoms with Crippen LogP contribution in [0.4, 0.5) is 5.69 Å². The first-order valence-electron chi connectivity index (χ1n) is 6.60. The molecule has 0 bridgehead atoms. The average Bonchev–Trinajstić information content (AvgIpc) is 3.22. The minimum absolute atomic E-state index is 0.0567. The molecule has 0 saturated heterocycles.